The lowest BCUT2D eigenvalue weighted by atomic mass is 10.0. The van der Waals surface area contributed by atoms with Gasteiger partial charge in [0.1, 0.15) is 0 Å². The number of rotatable bonds is 5. The number of aryl methyl sites for hydroxylation is 1. The van der Waals surface area contributed by atoms with E-state index in [0.717, 1.165) is 23.2 Å². The summed E-state index contributed by atoms with van der Waals surface area (Å²) in [5.41, 5.74) is 4.76. The van der Waals surface area contributed by atoms with Crippen LogP contribution in [0.3, 0.4) is 0 Å². The lowest BCUT2D eigenvalue weighted by Gasteiger charge is -2.02. The molecule has 0 unspecified atom stereocenters. The van der Waals surface area contributed by atoms with Gasteiger partial charge in [-0.15, -0.1) is 17.9 Å². The Labute approximate surface area is 111 Å². The van der Waals surface area contributed by atoms with E-state index in [9.17, 15) is 4.79 Å². The SMILES string of the molecule is C=CCCC(=O)c1ccc(-c2scnc2C)cc1. The van der Waals surface area contributed by atoms with Gasteiger partial charge in [0.05, 0.1) is 16.1 Å². The highest BCUT2D eigenvalue weighted by Gasteiger charge is 2.07. The first-order chi connectivity index (χ1) is 8.72. The van der Waals surface area contributed by atoms with Crippen molar-refractivity contribution in [2.45, 2.75) is 19.8 Å². The molecule has 0 aliphatic heterocycles. The molecule has 0 saturated carbocycles. The largest absolute Gasteiger partial charge is 0.294 e. The molecular weight excluding hydrogens is 242 g/mol. The molecule has 0 atom stereocenters. The number of allylic oxidation sites excluding steroid dienone is 1. The molecule has 0 amide bonds. The Kier molecular flexibility index (Phi) is 4.05. The second kappa shape index (κ2) is 5.74. The molecule has 2 aromatic rings. The summed E-state index contributed by atoms with van der Waals surface area (Å²) in [6.45, 7) is 5.62. The van der Waals surface area contributed by atoms with Crippen LogP contribution in [0.4, 0.5) is 0 Å². The van der Waals surface area contributed by atoms with Crippen molar-refractivity contribution in [2.24, 2.45) is 0 Å². The van der Waals surface area contributed by atoms with Crippen LogP contribution < -0.4 is 0 Å². The molecule has 92 valence electrons. The van der Waals surface area contributed by atoms with E-state index in [1.165, 1.54) is 4.88 Å². The van der Waals surface area contributed by atoms with Gasteiger partial charge in [-0.05, 0) is 18.9 Å². The lowest BCUT2D eigenvalue weighted by molar-refractivity contribution is 0.0983. The average Bonchev–Trinajstić information content (AvgIpc) is 2.82. The number of Topliss-reactive ketones (excluding diaryl/α,β-unsaturated/α-hetero) is 1. The van der Waals surface area contributed by atoms with Crippen LogP contribution in [-0.4, -0.2) is 10.8 Å². The van der Waals surface area contributed by atoms with Gasteiger partial charge in [0.15, 0.2) is 5.78 Å². The number of ketones is 1. The fourth-order valence-corrected chi connectivity index (χ4v) is 2.58. The maximum atomic E-state index is 11.8. The Morgan fingerprint density at radius 3 is 2.67 bits per heavy atom. The number of nitrogens with zero attached hydrogens (tertiary/aromatic N) is 1. The maximum Gasteiger partial charge on any atom is 0.163 e. The normalized spacial score (nSPS) is 10.3. The van der Waals surface area contributed by atoms with Crippen molar-refractivity contribution < 1.29 is 4.79 Å². The molecule has 0 N–H and O–H groups in total. The molecule has 0 bridgehead atoms. The van der Waals surface area contributed by atoms with E-state index in [2.05, 4.69) is 11.6 Å². The highest BCUT2D eigenvalue weighted by atomic mass is 32.1. The fraction of sp³-hybridized carbons (Fsp3) is 0.200. The summed E-state index contributed by atoms with van der Waals surface area (Å²) < 4.78 is 0. The van der Waals surface area contributed by atoms with Crippen molar-refractivity contribution in [2.75, 3.05) is 0 Å². The van der Waals surface area contributed by atoms with Gasteiger partial charge in [-0.25, -0.2) is 4.98 Å². The summed E-state index contributed by atoms with van der Waals surface area (Å²) in [5.74, 6) is 0.169. The third kappa shape index (κ3) is 2.74. The lowest BCUT2D eigenvalue weighted by Crippen LogP contribution is -1.97. The van der Waals surface area contributed by atoms with E-state index in [1.54, 1.807) is 17.4 Å². The summed E-state index contributed by atoms with van der Waals surface area (Å²) in [6, 6.07) is 7.75. The van der Waals surface area contributed by atoms with Gasteiger partial charge in [0.25, 0.3) is 0 Å². The number of hydrogen-bond acceptors (Lipinski definition) is 3. The van der Waals surface area contributed by atoms with Crippen LogP contribution in [0.1, 0.15) is 28.9 Å². The number of benzene rings is 1. The monoisotopic (exact) mass is 257 g/mol. The summed E-state index contributed by atoms with van der Waals surface area (Å²) >= 11 is 1.62. The summed E-state index contributed by atoms with van der Waals surface area (Å²) in [7, 11) is 0. The number of aromatic nitrogens is 1. The molecule has 0 aliphatic rings. The van der Waals surface area contributed by atoms with E-state index in [-0.39, 0.29) is 5.78 Å². The number of carbonyl (C=O) groups excluding carboxylic acids is 1. The van der Waals surface area contributed by atoms with Crippen LogP contribution in [0, 0.1) is 6.92 Å². The Balaban J connectivity index is 2.18. The van der Waals surface area contributed by atoms with Crippen molar-refractivity contribution in [1.82, 2.24) is 4.98 Å². The van der Waals surface area contributed by atoms with Gasteiger partial charge in [-0.1, -0.05) is 30.3 Å². The van der Waals surface area contributed by atoms with E-state index in [1.807, 2.05) is 36.7 Å². The number of thiazole rings is 1. The van der Waals surface area contributed by atoms with Crippen molar-refractivity contribution >= 4 is 17.1 Å². The van der Waals surface area contributed by atoms with E-state index < -0.39 is 0 Å². The average molecular weight is 257 g/mol. The molecule has 2 rings (SSSR count). The maximum absolute atomic E-state index is 11.8. The molecule has 0 radical (unpaired) electrons. The second-order valence-corrected chi connectivity index (χ2v) is 4.95. The van der Waals surface area contributed by atoms with Crippen molar-refractivity contribution in [3.8, 4) is 10.4 Å². The number of carbonyl (C=O) groups is 1. The molecule has 1 aromatic carbocycles. The van der Waals surface area contributed by atoms with Gasteiger partial charge in [0.2, 0.25) is 0 Å². The minimum atomic E-state index is 0.169. The van der Waals surface area contributed by atoms with Gasteiger partial charge >= 0.3 is 0 Å². The smallest absolute Gasteiger partial charge is 0.163 e. The molecule has 0 fully saturated rings. The zero-order chi connectivity index (χ0) is 13.0. The molecule has 0 aliphatic carbocycles. The van der Waals surface area contributed by atoms with Gasteiger partial charge < -0.3 is 0 Å². The summed E-state index contributed by atoms with van der Waals surface area (Å²) in [4.78, 5) is 17.2. The molecule has 1 heterocycles. The minimum Gasteiger partial charge on any atom is -0.294 e. The first kappa shape index (κ1) is 12.7. The minimum absolute atomic E-state index is 0.169. The third-order valence-electron chi connectivity index (χ3n) is 2.79. The quantitative estimate of drug-likeness (QED) is 0.591. The summed E-state index contributed by atoms with van der Waals surface area (Å²) in [6.07, 6.45) is 3.03. The molecule has 1 aromatic heterocycles. The highest BCUT2D eigenvalue weighted by Crippen LogP contribution is 2.27. The Morgan fingerprint density at radius 2 is 2.11 bits per heavy atom. The first-order valence-corrected chi connectivity index (χ1v) is 6.75. The zero-order valence-electron chi connectivity index (χ0n) is 10.3. The zero-order valence-corrected chi connectivity index (χ0v) is 11.2. The number of hydrogen-bond donors (Lipinski definition) is 0. The fourth-order valence-electron chi connectivity index (χ4n) is 1.76. The highest BCUT2D eigenvalue weighted by molar-refractivity contribution is 7.13. The van der Waals surface area contributed by atoms with Crippen LogP contribution in [0.2, 0.25) is 0 Å². The molecule has 18 heavy (non-hydrogen) atoms. The first-order valence-electron chi connectivity index (χ1n) is 5.87. The van der Waals surface area contributed by atoms with Gasteiger partial charge in [-0.2, -0.15) is 0 Å². The van der Waals surface area contributed by atoms with Gasteiger partial charge in [0, 0.05) is 12.0 Å². The predicted octanol–water partition coefficient (Wildman–Crippen LogP) is 4.27. The molecule has 2 nitrogen and oxygen atoms in total. The van der Waals surface area contributed by atoms with Crippen molar-refractivity contribution in [1.29, 1.82) is 0 Å². The van der Waals surface area contributed by atoms with Crippen LogP contribution in [0.25, 0.3) is 10.4 Å². The predicted molar refractivity (Wildman–Crippen MR) is 76.0 cm³/mol. The molecule has 3 heteroatoms. The van der Waals surface area contributed by atoms with E-state index in [0.29, 0.717) is 6.42 Å². The van der Waals surface area contributed by atoms with Crippen molar-refractivity contribution in [3.63, 3.8) is 0 Å². The topological polar surface area (TPSA) is 30.0 Å². The van der Waals surface area contributed by atoms with Crippen molar-refractivity contribution in [3.05, 3.63) is 53.7 Å². The van der Waals surface area contributed by atoms with E-state index >= 15 is 0 Å². The molecular formula is C15H15NOS. The van der Waals surface area contributed by atoms with E-state index in [4.69, 9.17) is 0 Å². The van der Waals surface area contributed by atoms with Crippen LogP contribution in [-0.2, 0) is 0 Å². The van der Waals surface area contributed by atoms with Gasteiger partial charge in [-0.3, -0.25) is 4.79 Å². The molecule has 0 saturated heterocycles. The third-order valence-corrected chi connectivity index (χ3v) is 3.77. The Bertz CT molecular complexity index is 554. The Hall–Kier alpha value is -1.74. The Morgan fingerprint density at radius 1 is 1.39 bits per heavy atom. The molecule has 0 spiro atoms. The second-order valence-electron chi connectivity index (χ2n) is 4.09. The van der Waals surface area contributed by atoms with Crippen LogP contribution in [0.5, 0.6) is 0 Å². The standard InChI is InChI=1S/C15H15NOS/c1-3-4-5-14(17)12-6-8-13(9-7-12)15-11(2)16-10-18-15/h3,6-10H,1,4-5H2,2H3. The summed E-state index contributed by atoms with van der Waals surface area (Å²) in [5, 5.41) is 0. The van der Waals surface area contributed by atoms with Crippen LogP contribution >= 0.6 is 11.3 Å². The van der Waals surface area contributed by atoms with Crippen LogP contribution in [0.15, 0.2) is 42.4 Å².